The number of aromatic nitrogens is 1. The maximum Gasteiger partial charge on any atom is 0.123 e. The molecular weight excluding hydrogens is 226 g/mol. The Labute approximate surface area is 109 Å². The SMILES string of the molecule is C=C(CN(CCC)[C@@H](C)CO)c1ccc(N)nc1. The molecule has 0 bridgehead atoms. The molecule has 0 aliphatic rings. The van der Waals surface area contributed by atoms with Gasteiger partial charge in [0.15, 0.2) is 0 Å². The molecule has 0 spiro atoms. The van der Waals surface area contributed by atoms with Crippen LogP contribution in [-0.4, -0.2) is 40.7 Å². The molecule has 0 saturated heterocycles. The average Bonchev–Trinajstić information content (AvgIpc) is 2.38. The van der Waals surface area contributed by atoms with Crippen molar-refractivity contribution in [2.45, 2.75) is 26.3 Å². The number of nitrogens with zero attached hydrogens (tertiary/aromatic N) is 2. The van der Waals surface area contributed by atoms with Crippen LogP contribution in [0.5, 0.6) is 0 Å². The van der Waals surface area contributed by atoms with Gasteiger partial charge in [-0.15, -0.1) is 0 Å². The monoisotopic (exact) mass is 249 g/mol. The fraction of sp³-hybridized carbons (Fsp3) is 0.500. The van der Waals surface area contributed by atoms with Gasteiger partial charge in [-0.2, -0.15) is 0 Å². The summed E-state index contributed by atoms with van der Waals surface area (Å²) >= 11 is 0. The first kappa shape index (κ1) is 14.7. The van der Waals surface area contributed by atoms with Crippen LogP contribution in [0, 0.1) is 0 Å². The Balaban J connectivity index is 2.68. The fourth-order valence-electron chi connectivity index (χ4n) is 1.81. The average molecular weight is 249 g/mol. The summed E-state index contributed by atoms with van der Waals surface area (Å²) in [7, 11) is 0. The summed E-state index contributed by atoms with van der Waals surface area (Å²) in [5.74, 6) is 0.515. The number of nitrogens with two attached hydrogens (primary N) is 1. The molecule has 0 saturated carbocycles. The van der Waals surface area contributed by atoms with Gasteiger partial charge in [-0.3, -0.25) is 4.90 Å². The molecule has 1 rings (SSSR count). The van der Waals surface area contributed by atoms with Crippen LogP contribution >= 0.6 is 0 Å². The molecule has 0 amide bonds. The largest absolute Gasteiger partial charge is 0.395 e. The van der Waals surface area contributed by atoms with Crippen LogP contribution in [0.1, 0.15) is 25.8 Å². The van der Waals surface area contributed by atoms with Crippen LogP contribution in [0.25, 0.3) is 5.57 Å². The Bertz CT molecular complexity index is 375. The summed E-state index contributed by atoms with van der Waals surface area (Å²) in [4.78, 5) is 6.29. The van der Waals surface area contributed by atoms with Gasteiger partial charge >= 0.3 is 0 Å². The molecule has 0 aliphatic carbocycles. The van der Waals surface area contributed by atoms with Crippen molar-refractivity contribution in [1.82, 2.24) is 9.88 Å². The number of pyridine rings is 1. The van der Waals surface area contributed by atoms with Crippen LogP contribution in [0.2, 0.25) is 0 Å². The van der Waals surface area contributed by atoms with Gasteiger partial charge in [0.2, 0.25) is 0 Å². The van der Waals surface area contributed by atoms with Gasteiger partial charge in [-0.25, -0.2) is 4.98 Å². The van der Waals surface area contributed by atoms with E-state index in [2.05, 4.69) is 23.4 Å². The third-order valence-electron chi connectivity index (χ3n) is 2.99. The fourth-order valence-corrected chi connectivity index (χ4v) is 1.81. The van der Waals surface area contributed by atoms with E-state index in [1.165, 1.54) is 0 Å². The molecule has 0 aliphatic heterocycles. The third-order valence-corrected chi connectivity index (χ3v) is 2.99. The maximum absolute atomic E-state index is 9.25. The number of aliphatic hydroxyl groups is 1. The molecule has 18 heavy (non-hydrogen) atoms. The minimum Gasteiger partial charge on any atom is -0.395 e. The maximum atomic E-state index is 9.25. The Morgan fingerprint density at radius 1 is 1.56 bits per heavy atom. The van der Waals surface area contributed by atoms with Crippen LogP contribution < -0.4 is 5.73 Å². The van der Waals surface area contributed by atoms with Gasteiger partial charge < -0.3 is 10.8 Å². The molecule has 100 valence electrons. The van der Waals surface area contributed by atoms with E-state index in [-0.39, 0.29) is 12.6 Å². The Morgan fingerprint density at radius 2 is 2.28 bits per heavy atom. The highest BCUT2D eigenvalue weighted by atomic mass is 16.3. The second-order valence-corrected chi connectivity index (χ2v) is 4.58. The highest BCUT2D eigenvalue weighted by molar-refractivity contribution is 5.64. The van der Waals surface area contributed by atoms with Crippen molar-refractivity contribution in [2.75, 3.05) is 25.4 Å². The molecule has 4 nitrogen and oxygen atoms in total. The van der Waals surface area contributed by atoms with E-state index < -0.39 is 0 Å². The second kappa shape index (κ2) is 7.13. The zero-order valence-electron chi connectivity index (χ0n) is 11.3. The van der Waals surface area contributed by atoms with Crippen molar-refractivity contribution >= 4 is 11.4 Å². The number of nitrogen functional groups attached to an aromatic ring is 1. The second-order valence-electron chi connectivity index (χ2n) is 4.58. The molecule has 1 aromatic heterocycles. The molecule has 3 N–H and O–H groups in total. The normalized spacial score (nSPS) is 12.7. The number of aliphatic hydroxyl groups excluding tert-OH is 1. The zero-order valence-corrected chi connectivity index (χ0v) is 11.3. The van der Waals surface area contributed by atoms with Gasteiger partial charge in [-0.1, -0.05) is 13.5 Å². The molecule has 0 aromatic carbocycles. The molecule has 1 heterocycles. The summed E-state index contributed by atoms with van der Waals surface area (Å²) in [5, 5.41) is 9.25. The van der Waals surface area contributed by atoms with Gasteiger partial charge in [-0.05, 0) is 43.2 Å². The summed E-state index contributed by atoms with van der Waals surface area (Å²) in [6.07, 6.45) is 2.79. The Hall–Kier alpha value is -1.39. The Morgan fingerprint density at radius 3 is 2.78 bits per heavy atom. The summed E-state index contributed by atoms with van der Waals surface area (Å²) in [5.41, 5.74) is 7.55. The highest BCUT2D eigenvalue weighted by Gasteiger charge is 2.13. The van der Waals surface area contributed by atoms with Crippen molar-refractivity contribution in [2.24, 2.45) is 0 Å². The van der Waals surface area contributed by atoms with Crippen LogP contribution in [0.4, 0.5) is 5.82 Å². The topological polar surface area (TPSA) is 62.4 Å². The van der Waals surface area contributed by atoms with E-state index in [1.807, 2.05) is 13.0 Å². The smallest absolute Gasteiger partial charge is 0.123 e. The predicted octanol–water partition coefficient (Wildman–Crippen LogP) is 1.77. The lowest BCUT2D eigenvalue weighted by molar-refractivity contribution is 0.148. The lowest BCUT2D eigenvalue weighted by Crippen LogP contribution is -2.37. The quantitative estimate of drug-likeness (QED) is 0.773. The van der Waals surface area contributed by atoms with Gasteiger partial charge in [0, 0.05) is 18.8 Å². The van der Waals surface area contributed by atoms with Crippen molar-refractivity contribution in [3.8, 4) is 0 Å². The van der Waals surface area contributed by atoms with E-state index in [4.69, 9.17) is 5.73 Å². The molecule has 1 atom stereocenters. The summed E-state index contributed by atoms with van der Waals surface area (Å²) in [6.45, 7) is 10.1. The van der Waals surface area contributed by atoms with Crippen molar-refractivity contribution in [1.29, 1.82) is 0 Å². The van der Waals surface area contributed by atoms with E-state index in [9.17, 15) is 5.11 Å². The van der Waals surface area contributed by atoms with Crippen molar-refractivity contribution < 1.29 is 5.11 Å². The molecule has 0 fully saturated rings. The molecule has 4 heteroatoms. The number of hydrogen-bond donors (Lipinski definition) is 2. The first-order valence-electron chi connectivity index (χ1n) is 6.33. The lowest BCUT2D eigenvalue weighted by atomic mass is 10.1. The minimum absolute atomic E-state index is 0.142. The van der Waals surface area contributed by atoms with Crippen molar-refractivity contribution in [3.63, 3.8) is 0 Å². The lowest BCUT2D eigenvalue weighted by Gasteiger charge is -2.28. The Kier molecular flexibility index (Phi) is 5.82. The van der Waals surface area contributed by atoms with E-state index in [0.29, 0.717) is 5.82 Å². The third kappa shape index (κ3) is 4.13. The molecule has 1 aromatic rings. The number of rotatable bonds is 7. The first-order chi connectivity index (χ1) is 8.58. The highest BCUT2D eigenvalue weighted by Crippen LogP contribution is 2.15. The van der Waals surface area contributed by atoms with Crippen LogP contribution in [0.15, 0.2) is 24.9 Å². The van der Waals surface area contributed by atoms with Gasteiger partial charge in [0.1, 0.15) is 5.82 Å². The predicted molar refractivity (Wildman–Crippen MR) is 76.1 cm³/mol. The van der Waals surface area contributed by atoms with Crippen LogP contribution in [-0.2, 0) is 0 Å². The summed E-state index contributed by atoms with van der Waals surface area (Å²) in [6, 6.07) is 3.85. The van der Waals surface area contributed by atoms with E-state index in [1.54, 1.807) is 12.3 Å². The first-order valence-corrected chi connectivity index (χ1v) is 6.33. The van der Waals surface area contributed by atoms with Crippen molar-refractivity contribution in [3.05, 3.63) is 30.5 Å². The minimum atomic E-state index is 0.142. The van der Waals surface area contributed by atoms with Gasteiger partial charge in [0.05, 0.1) is 6.61 Å². The molecule has 0 radical (unpaired) electrons. The summed E-state index contributed by atoms with van der Waals surface area (Å²) < 4.78 is 0. The van der Waals surface area contributed by atoms with Crippen LogP contribution in [0.3, 0.4) is 0 Å². The van der Waals surface area contributed by atoms with E-state index in [0.717, 1.165) is 30.6 Å². The van der Waals surface area contributed by atoms with Gasteiger partial charge in [0.25, 0.3) is 0 Å². The molecular formula is C14H23N3O. The number of anilines is 1. The number of hydrogen-bond acceptors (Lipinski definition) is 4. The molecule has 0 unspecified atom stereocenters. The zero-order chi connectivity index (χ0) is 13.5. The van der Waals surface area contributed by atoms with E-state index >= 15 is 0 Å². The standard InChI is InChI=1S/C14H23N3O/c1-4-7-17(12(3)10-18)9-11(2)13-5-6-14(15)16-8-13/h5-6,8,12,18H,2,4,7,9-10H2,1,3H3,(H2,15,16)/t12-/m0/s1.